The minimum Gasteiger partial charge on any atom is -0.482 e. The van der Waals surface area contributed by atoms with Crippen LogP contribution in [0.5, 0.6) is 11.5 Å². The SMILES string of the molecule is CC(C)C(=O)Nc1cccc(OCC(=O)Oc2ccc(-c3ccccc3)cc2)c1. The molecule has 0 aliphatic carbocycles. The molecule has 0 atom stereocenters. The highest BCUT2D eigenvalue weighted by Crippen LogP contribution is 2.22. The summed E-state index contributed by atoms with van der Waals surface area (Å²) in [4.78, 5) is 23.9. The van der Waals surface area contributed by atoms with Gasteiger partial charge in [0.15, 0.2) is 6.61 Å². The Morgan fingerprint density at radius 3 is 2.21 bits per heavy atom. The van der Waals surface area contributed by atoms with Crippen LogP contribution in [0.4, 0.5) is 5.69 Å². The highest BCUT2D eigenvalue weighted by Gasteiger charge is 2.09. The van der Waals surface area contributed by atoms with Gasteiger partial charge >= 0.3 is 5.97 Å². The maximum atomic E-state index is 12.1. The summed E-state index contributed by atoms with van der Waals surface area (Å²) in [6.45, 7) is 3.40. The summed E-state index contributed by atoms with van der Waals surface area (Å²) >= 11 is 0. The lowest BCUT2D eigenvalue weighted by Gasteiger charge is -2.10. The molecule has 0 bridgehead atoms. The van der Waals surface area contributed by atoms with Crippen molar-refractivity contribution in [1.29, 1.82) is 0 Å². The second kappa shape index (κ2) is 9.55. The molecule has 0 radical (unpaired) electrons. The molecule has 3 aromatic carbocycles. The molecule has 0 unspecified atom stereocenters. The summed E-state index contributed by atoms with van der Waals surface area (Å²) in [5.74, 6) is 0.219. The van der Waals surface area contributed by atoms with Gasteiger partial charge in [-0.2, -0.15) is 0 Å². The minimum atomic E-state index is -0.505. The van der Waals surface area contributed by atoms with Crippen molar-refractivity contribution < 1.29 is 19.1 Å². The molecular weight excluding hydrogens is 366 g/mol. The van der Waals surface area contributed by atoms with Gasteiger partial charge in [-0.1, -0.05) is 62.4 Å². The number of anilines is 1. The standard InChI is InChI=1S/C24H23NO4/c1-17(2)24(27)25-20-9-6-10-22(15-20)28-16-23(26)29-21-13-11-19(12-14-21)18-7-4-3-5-8-18/h3-15,17H,16H2,1-2H3,(H,25,27). The predicted molar refractivity (Wildman–Crippen MR) is 113 cm³/mol. The Morgan fingerprint density at radius 2 is 1.52 bits per heavy atom. The Morgan fingerprint density at radius 1 is 0.828 bits per heavy atom. The van der Waals surface area contributed by atoms with Gasteiger partial charge < -0.3 is 14.8 Å². The van der Waals surface area contributed by atoms with Crippen LogP contribution >= 0.6 is 0 Å². The first-order valence-electron chi connectivity index (χ1n) is 9.41. The summed E-state index contributed by atoms with van der Waals surface area (Å²) in [7, 11) is 0. The zero-order valence-corrected chi connectivity index (χ0v) is 16.4. The van der Waals surface area contributed by atoms with Gasteiger partial charge in [-0.25, -0.2) is 4.79 Å². The average molecular weight is 389 g/mol. The summed E-state index contributed by atoms with van der Waals surface area (Å²) in [6, 6.07) is 24.2. The molecule has 5 heteroatoms. The minimum absolute atomic E-state index is 0.0829. The monoisotopic (exact) mass is 389 g/mol. The van der Waals surface area contributed by atoms with Gasteiger partial charge in [0, 0.05) is 17.7 Å². The molecule has 1 amide bonds. The van der Waals surface area contributed by atoms with E-state index in [1.807, 2.05) is 56.3 Å². The van der Waals surface area contributed by atoms with Crippen LogP contribution in [0.3, 0.4) is 0 Å². The first kappa shape index (κ1) is 20.1. The van der Waals surface area contributed by atoms with Crippen LogP contribution in [0.2, 0.25) is 0 Å². The normalized spacial score (nSPS) is 10.4. The van der Waals surface area contributed by atoms with Crippen LogP contribution in [-0.2, 0) is 9.59 Å². The van der Waals surface area contributed by atoms with Gasteiger partial charge in [0.25, 0.3) is 0 Å². The number of carbonyl (C=O) groups is 2. The lowest BCUT2D eigenvalue weighted by Crippen LogP contribution is -2.19. The van der Waals surface area contributed by atoms with E-state index in [0.29, 0.717) is 17.2 Å². The van der Waals surface area contributed by atoms with Gasteiger partial charge in [0.1, 0.15) is 11.5 Å². The van der Waals surface area contributed by atoms with E-state index in [1.165, 1.54) is 0 Å². The summed E-state index contributed by atoms with van der Waals surface area (Å²) in [5, 5.41) is 2.79. The van der Waals surface area contributed by atoms with Gasteiger partial charge in [-0.05, 0) is 35.4 Å². The number of benzene rings is 3. The number of amides is 1. The third kappa shape index (κ3) is 5.94. The van der Waals surface area contributed by atoms with Gasteiger partial charge in [0.05, 0.1) is 0 Å². The summed E-state index contributed by atoms with van der Waals surface area (Å²) < 4.78 is 10.8. The Balaban J connectivity index is 1.53. The quantitative estimate of drug-likeness (QED) is 0.460. The van der Waals surface area contributed by atoms with Crippen molar-refractivity contribution in [2.45, 2.75) is 13.8 Å². The topological polar surface area (TPSA) is 64.6 Å². The lowest BCUT2D eigenvalue weighted by molar-refractivity contribution is -0.136. The van der Waals surface area contributed by atoms with Crippen LogP contribution in [0.25, 0.3) is 11.1 Å². The molecule has 0 saturated carbocycles. The molecule has 0 fully saturated rings. The maximum Gasteiger partial charge on any atom is 0.349 e. The van der Waals surface area contributed by atoms with Crippen LogP contribution in [0.15, 0.2) is 78.9 Å². The van der Waals surface area contributed by atoms with Crippen molar-refractivity contribution in [2.75, 3.05) is 11.9 Å². The van der Waals surface area contributed by atoms with E-state index < -0.39 is 5.97 Å². The van der Waals surface area contributed by atoms with E-state index in [9.17, 15) is 9.59 Å². The Kier molecular flexibility index (Phi) is 6.63. The maximum absolute atomic E-state index is 12.1. The van der Waals surface area contributed by atoms with Crippen LogP contribution in [0.1, 0.15) is 13.8 Å². The average Bonchev–Trinajstić information content (AvgIpc) is 2.74. The third-order valence-corrected chi connectivity index (χ3v) is 4.18. The Hall–Kier alpha value is -3.60. The highest BCUT2D eigenvalue weighted by atomic mass is 16.6. The van der Waals surface area contributed by atoms with Crippen molar-refractivity contribution in [1.82, 2.24) is 0 Å². The zero-order valence-electron chi connectivity index (χ0n) is 16.4. The molecule has 0 aromatic heterocycles. The molecule has 0 saturated heterocycles. The van der Waals surface area contributed by atoms with Gasteiger partial charge in [0.2, 0.25) is 5.91 Å². The lowest BCUT2D eigenvalue weighted by atomic mass is 10.1. The zero-order chi connectivity index (χ0) is 20.6. The number of hydrogen-bond acceptors (Lipinski definition) is 4. The Bertz CT molecular complexity index is 966. The largest absolute Gasteiger partial charge is 0.482 e. The second-order valence-electron chi connectivity index (χ2n) is 6.82. The van der Waals surface area contributed by atoms with E-state index in [1.54, 1.807) is 36.4 Å². The van der Waals surface area contributed by atoms with E-state index >= 15 is 0 Å². The summed E-state index contributed by atoms with van der Waals surface area (Å²) in [6.07, 6.45) is 0. The predicted octanol–water partition coefficient (Wildman–Crippen LogP) is 4.93. The number of carbonyl (C=O) groups excluding carboxylic acids is 2. The van der Waals surface area contributed by atoms with E-state index in [2.05, 4.69) is 5.32 Å². The van der Waals surface area contributed by atoms with Crippen LogP contribution in [0, 0.1) is 5.92 Å². The number of rotatable bonds is 7. The molecule has 0 aliphatic heterocycles. The van der Waals surface area contributed by atoms with Crippen molar-refractivity contribution >= 4 is 17.6 Å². The molecule has 1 N–H and O–H groups in total. The molecular formula is C24H23NO4. The van der Waals surface area contributed by atoms with Crippen LogP contribution in [-0.4, -0.2) is 18.5 Å². The fraction of sp³-hybridized carbons (Fsp3) is 0.167. The van der Waals surface area contributed by atoms with E-state index in [-0.39, 0.29) is 18.4 Å². The number of esters is 1. The first-order chi connectivity index (χ1) is 14.0. The first-order valence-corrected chi connectivity index (χ1v) is 9.41. The summed E-state index contributed by atoms with van der Waals surface area (Å²) in [5.41, 5.74) is 2.76. The van der Waals surface area contributed by atoms with E-state index in [0.717, 1.165) is 11.1 Å². The van der Waals surface area contributed by atoms with Crippen LogP contribution < -0.4 is 14.8 Å². The third-order valence-electron chi connectivity index (χ3n) is 4.18. The molecule has 0 spiro atoms. The van der Waals surface area contributed by atoms with Gasteiger partial charge in [-0.3, -0.25) is 4.79 Å². The molecule has 5 nitrogen and oxygen atoms in total. The fourth-order valence-electron chi connectivity index (χ4n) is 2.60. The van der Waals surface area contributed by atoms with Crippen molar-refractivity contribution in [3.8, 4) is 22.6 Å². The van der Waals surface area contributed by atoms with E-state index in [4.69, 9.17) is 9.47 Å². The highest BCUT2D eigenvalue weighted by molar-refractivity contribution is 5.92. The second-order valence-corrected chi connectivity index (χ2v) is 6.82. The molecule has 0 aliphatic rings. The number of hydrogen-bond donors (Lipinski definition) is 1. The number of nitrogens with one attached hydrogen (secondary N) is 1. The molecule has 148 valence electrons. The van der Waals surface area contributed by atoms with Crippen molar-refractivity contribution in [3.05, 3.63) is 78.9 Å². The van der Waals surface area contributed by atoms with Crippen molar-refractivity contribution in [2.24, 2.45) is 5.92 Å². The molecule has 0 heterocycles. The molecule has 3 rings (SSSR count). The Labute approximate surface area is 170 Å². The fourth-order valence-corrected chi connectivity index (χ4v) is 2.60. The molecule has 29 heavy (non-hydrogen) atoms. The number of ether oxygens (including phenoxy) is 2. The van der Waals surface area contributed by atoms with Gasteiger partial charge in [-0.15, -0.1) is 0 Å². The van der Waals surface area contributed by atoms with Crippen molar-refractivity contribution in [3.63, 3.8) is 0 Å². The molecule has 3 aromatic rings. The smallest absolute Gasteiger partial charge is 0.349 e.